The van der Waals surface area contributed by atoms with Gasteiger partial charge in [0.25, 0.3) is 0 Å². The molecule has 1 aromatic carbocycles. The monoisotopic (exact) mass is 306 g/mol. The smallest absolute Gasteiger partial charge is 0.170 e. The summed E-state index contributed by atoms with van der Waals surface area (Å²) in [6.45, 7) is 5.89. The number of hydrogen-bond donors (Lipinski definition) is 2. The minimum atomic E-state index is 0.505. The van der Waals surface area contributed by atoms with Gasteiger partial charge in [0.1, 0.15) is 0 Å². The number of ether oxygens (including phenoxy) is 1. The molecule has 0 saturated heterocycles. The van der Waals surface area contributed by atoms with Crippen LogP contribution in [0.5, 0.6) is 0 Å². The molecular weight excluding hydrogens is 280 g/mol. The van der Waals surface area contributed by atoms with Crippen molar-refractivity contribution in [3.05, 3.63) is 29.3 Å². The van der Waals surface area contributed by atoms with Crippen molar-refractivity contribution in [1.82, 2.24) is 5.32 Å². The molecule has 0 atom stereocenters. The summed E-state index contributed by atoms with van der Waals surface area (Å²) in [6, 6.07) is 6.28. The Hall–Kier alpha value is -1.13. The maximum absolute atomic E-state index is 5.83. The lowest BCUT2D eigenvalue weighted by Gasteiger charge is -2.13. The first-order chi connectivity index (χ1) is 10.1. The van der Waals surface area contributed by atoms with Gasteiger partial charge in [0.2, 0.25) is 0 Å². The van der Waals surface area contributed by atoms with E-state index in [1.54, 1.807) is 0 Å². The van der Waals surface area contributed by atoms with E-state index < -0.39 is 0 Å². The molecular formula is C17H26N2OS. The zero-order chi connectivity index (χ0) is 15.1. The highest BCUT2D eigenvalue weighted by Crippen LogP contribution is 2.20. The average Bonchev–Trinajstić information content (AvgIpc) is 2.96. The van der Waals surface area contributed by atoms with E-state index in [0.29, 0.717) is 11.2 Å². The predicted molar refractivity (Wildman–Crippen MR) is 93.0 cm³/mol. The largest absolute Gasteiger partial charge is 0.378 e. The Labute approximate surface area is 133 Å². The van der Waals surface area contributed by atoms with Crippen LogP contribution >= 0.6 is 12.2 Å². The number of aryl methyl sites for hydroxylation is 2. The molecule has 0 unspecified atom stereocenters. The molecule has 21 heavy (non-hydrogen) atoms. The Balaban J connectivity index is 1.59. The molecule has 4 heteroatoms. The van der Waals surface area contributed by atoms with E-state index in [0.717, 1.165) is 25.3 Å². The first-order valence-corrected chi connectivity index (χ1v) is 8.29. The van der Waals surface area contributed by atoms with E-state index in [4.69, 9.17) is 17.0 Å². The molecule has 1 aliphatic rings. The van der Waals surface area contributed by atoms with Crippen LogP contribution in [0.3, 0.4) is 0 Å². The van der Waals surface area contributed by atoms with E-state index in [2.05, 4.69) is 42.7 Å². The normalized spacial score (nSPS) is 15.1. The highest BCUT2D eigenvalue weighted by atomic mass is 32.1. The van der Waals surface area contributed by atoms with Crippen LogP contribution < -0.4 is 10.6 Å². The van der Waals surface area contributed by atoms with Crippen LogP contribution in [0.25, 0.3) is 0 Å². The molecule has 0 amide bonds. The van der Waals surface area contributed by atoms with Crippen LogP contribution in [-0.4, -0.2) is 24.4 Å². The number of nitrogens with one attached hydrogen (secondary N) is 2. The molecule has 116 valence electrons. The van der Waals surface area contributed by atoms with Crippen molar-refractivity contribution in [2.24, 2.45) is 0 Å². The molecule has 1 fully saturated rings. The molecule has 1 aliphatic carbocycles. The van der Waals surface area contributed by atoms with E-state index in [9.17, 15) is 0 Å². The van der Waals surface area contributed by atoms with Gasteiger partial charge in [0.15, 0.2) is 5.11 Å². The average molecular weight is 306 g/mol. The standard InChI is InChI=1S/C17H26N2OS/c1-13-8-9-15(12-14(13)2)19-17(21)18-10-5-11-20-16-6-3-4-7-16/h8-9,12,16H,3-7,10-11H2,1-2H3,(H2,18,19,21). The molecule has 0 aromatic heterocycles. The van der Waals surface area contributed by atoms with Gasteiger partial charge in [0.05, 0.1) is 6.10 Å². The molecule has 0 radical (unpaired) electrons. The minimum absolute atomic E-state index is 0.505. The van der Waals surface area contributed by atoms with Crippen molar-refractivity contribution < 1.29 is 4.74 Å². The third-order valence-electron chi connectivity index (χ3n) is 4.03. The summed E-state index contributed by atoms with van der Waals surface area (Å²) >= 11 is 5.31. The van der Waals surface area contributed by atoms with Crippen LogP contribution in [0, 0.1) is 13.8 Å². The molecule has 0 heterocycles. The summed E-state index contributed by atoms with van der Waals surface area (Å²) in [5, 5.41) is 7.13. The van der Waals surface area contributed by atoms with Crippen LogP contribution in [0.1, 0.15) is 43.2 Å². The van der Waals surface area contributed by atoms with Gasteiger partial charge in [-0.3, -0.25) is 0 Å². The molecule has 3 nitrogen and oxygen atoms in total. The second-order valence-corrected chi connectivity index (χ2v) is 6.22. The fraction of sp³-hybridized carbons (Fsp3) is 0.588. The third-order valence-corrected chi connectivity index (χ3v) is 4.27. The molecule has 0 bridgehead atoms. The fourth-order valence-electron chi connectivity index (χ4n) is 2.57. The van der Waals surface area contributed by atoms with Gasteiger partial charge in [-0.1, -0.05) is 18.9 Å². The summed E-state index contributed by atoms with van der Waals surface area (Å²) in [7, 11) is 0. The zero-order valence-corrected chi connectivity index (χ0v) is 13.9. The topological polar surface area (TPSA) is 33.3 Å². The van der Waals surface area contributed by atoms with Crippen LogP contribution in [0.2, 0.25) is 0 Å². The third kappa shape index (κ3) is 5.64. The number of rotatable bonds is 6. The zero-order valence-electron chi connectivity index (χ0n) is 13.1. The summed E-state index contributed by atoms with van der Waals surface area (Å²) in [6.07, 6.45) is 6.62. The summed E-state index contributed by atoms with van der Waals surface area (Å²) in [5.74, 6) is 0. The first-order valence-electron chi connectivity index (χ1n) is 7.89. The van der Waals surface area contributed by atoms with Crippen molar-refractivity contribution in [2.75, 3.05) is 18.5 Å². The van der Waals surface area contributed by atoms with Crippen molar-refractivity contribution in [1.29, 1.82) is 0 Å². The molecule has 0 spiro atoms. The molecule has 1 saturated carbocycles. The maximum Gasteiger partial charge on any atom is 0.170 e. The highest BCUT2D eigenvalue weighted by molar-refractivity contribution is 7.80. The van der Waals surface area contributed by atoms with Gasteiger partial charge in [-0.05, 0) is 68.6 Å². The van der Waals surface area contributed by atoms with Gasteiger partial charge >= 0.3 is 0 Å². The summed E-state index contributed by atoms with van der Waals surface area (Å²) in [5.41, 5.74) is 3.61. The molecule has 1 aromatic rings. The lowest BCUT2D eigenvalue weighted by molar-refractivity contribution is 0.0574. The first kappa shape index (κ1) is 16.2. The Bertz CT molecular complexity index is 470. The van der Waals surface area contributed by atoms with Crippen molar-refractivity contribution >= 4 is 23.0 Å². The summed E-state index contributed by atoms with van der Waals surface area (Å²) in [4.78, 5) is 0. The Kier molecular flexibility index (Phi) is 6.46. The number of anilines is 1. The number of thiocarbonyl (C=S) groups is 1. The SMILES string of the molecule is Cc1ccc(NC(=S)NCCCOC2CCCC2)cc1C. The van der Waals surface area contributed by atoms with Crippen molar-refractivity contribution in [3.63, 3.8) is 0 Å². The van der Waals surface area contributed by atoms with E-state index >= 15 is 0 Å². The maximum atomic E-state index is 5.83. The predicted octanol–water partition coefficient (Wildman–Crippen LogP) is 3.94. The second-order valence-electron chi connectivity index (χ2n) is 5.81. The van der Waals surface area contributed by atoms with Gasteiger partial charge in [-0.2, -0.15) is 0 Å². The van der Waals surface area contributed by atoms with Gasteiger partial charge in [-0.25, -0.2) is 0 Å². The Morgan fingerprint density at radius 1 is 1.24 bits per heavy atom. The Morgan fingerprint density at radius 2 is 2.00 bits per heavy atom. The lowest BCUT2D eigenvalue weighted by atomic mass is 10.1. The van der Waals surface area contributed by atoms with Crippen LogP contribution in [0.15, 0.2) is 18.2 Å². The molecule has 2 rings (SSSR count). The van der Waals surface area contributed by atoms with Crippen LogP contribution in [-0.2, 0) is 4.74 Å². The highest BCUT2D eigenvalue weighted by Gasteiger charge is 2.14. The van der Waals surface area contributed by atoms with E-state index in [1.165, 1.54) is 36.8 Å². The number of benzene rings is 1. The summed E-state index contributed by atoms with van der Waals surface area (Å²) < 4.78 is 5.83. The van der Waals surface area contributed by atoms with Crippen LogP contribution in [0.4, 0.5) is 5.69 Å². The molecule has 0 aliphatic heterocycles. The quantitative estimate of drug-likeness (QED) is 0.616. The lowest BCUT2D eigenvalue weighted by Crippen LogP contribution is -2.30. The Morgan fingerprint density at radius 3 is 2.71 bits per heavy atom. The molecule has 2 N–H and O–H groups in total. The second kappa shape index (κ2) is 8.35. The van der Waals surface area contributed by atoms with E-state index in [-0.39, 0.29) is 0 Å². The van der Waals surface area contributed by atoms with E-state index in [1.807, 2.05) is 0 Å². The van der Waals surface area contributed by atoms with Gasteiger partial charge in [-0.15, -0.1) is 0 Å². The van der Waals surface area contributed by atoms with Crippen molar-refractivity contribution in [3.8, 4) is 0 Å². The fourth-order valence-corrected chi connectivity index (χ4v) is 2.79. The van der Waals surface area contributed by atoms with Gasteiger partial charge < -0.3 is 15.4 Å². The minimum Gasteiger partial charge on any atom is -0.378 e. The number of hydrogen-bond acceptors (Lipinski definition) is 2. The van der Waals surface area contributed by atoms with Crippen molar-refractivity contribution in [2.45, 2.75) is 52.1 Å². The van der Waals surface area contributed by atoms with Gasteiger partial charge in [0, 0.05) is 18.8 Å².